The van der Waals surface area contributed by atoms with E-state index in [1.807, 2.05) is 17.9 Å². The third-order valence-corrected chi connectivity index (χ3v) is 6.92. The average molecular weight is 504 g/mol. The Kier molecular flexibility index (Phi) is 6.21. The molecule has 11 heteroatoms. The number of ether oxygens (including phenoxy) is 1. The standard InChI is InChI=1S/C26H29N7O4/c1-3-17-5-7-33(14-17)23-19(13-21-22(30-23)31-26(37-21)32-8-10-35-11-9-32)28-24(34)20-15-36-25(29-20)18-4-6-27-16(2)12-18/h4,6,12-13,15,17H,3,5,7-11,14H2,1-2H3,(H,28,34)/t17-/m0/s1. The van der Waals surface area contributed by atoms with Crippen LogP contribution in [0.5, 0.6) is 0 Å². The summed E-state index contributed by atoms with van der Waals surface area (Å²) in [7, 11) is 0. The molecule has 11 nitrogen and oxygen atoms in total. The number of rotatable bonds is 6. The van der Waals surface area contributed by atoms with Crippen molar-refractivity contribution in [3.05, 3.63) is 42.0 Å². The number of anilines is 3. The Bertz CT molecular complexity index is 1430. The fourth-order valence-electron chi connectivity index (χ4n) is 4.80. The summed E-state index contributed by atoms with van der Waals surface area (Å²) in [5.41, 5.74) is 3.37. The molecule has 0 unspecified atom stereocenters. The monoisotopic (exact) mass is 503 g/mol. The highest BCUT2D eigenvalue weighted by Gasteiger charge is 2.27. The number of hydrogen-bond acceptors (Lipinski definition) is 10. The quantitative estimate of drug-likeness (QED) is 0.414. The maximum Gasteiger partial charge on any atom is 0.300 e. The summed E-state index contributed by atoms with van der Waals surface area (Å²) >= 11 is 0. The summed E-state index contributed by atoms with van der Waals surface area (Å²) in [4.78, 5) is 35.6. The molecule has 4 aromatic heterocycles. The third kappa shape index (κ3) is 4.74. The van der Waals surface area contributed by atoms with Gasteiger partial charge in [0.25, 0.3) is 11.9 Å². The van der Waals surface area contributed by atoms with Crippen LogP contribution in [-0.4, -0.2) is 65.2 Å². The Labute approximate surface area is 213 Å². The van der Waals surface area contributed by atoms with Gasteiger partial charge in [-0.05, 0) is 31.4 Å². The topological polar surface area (TPSA) is 123 Å². The van der Waals surface area contributed by atoms with Gasteiger partial charge in [0.1, 0.15) is 6.26 Å². The molecule has 0 radical (unpaired) electrons. The smallest absolute Gasteiger partial charge is 0.300 e. The lowest BCUT2D eigenvalue weighted by atomic mass is 10.1. The van der Waals surface area contributed by atoms with Crippen LogP contribution in [0.4, 0.5) is 17.5 Å². The maximum atomic E-state index is 13.2. The van der Waals surface area contributed by atoms with Gasteiger partial charge in [-0.15, -0.1) is 0 Å². The number of pyridine rings is 2. The molecule has 2 fully saturated rings. The molecule has 1 atom stereocenters. The van der Waals surface area contributed by atoms with Gasteiger partial charge in [-0.2, -0.15) is 4.98 Å². The van der Waals surface area contributed by atoms with Gasteiger partial charge in [-0.1, -0.05) is 13.3 Å². The molecule has 0 aromatic carbocycles. The second-order valence-corrected chi connectivity index (χ2v) is 9.46. The van der Waals surface area contributed by atoms with Crippen molar-refractivity contribution < 1.29 is 18.4 Å². The Morgan fingerprint density at radius 3 is 2.78 bits per heavy atom. The van der Waals surface area contributed by atoms with Crippen molar-refractivity contribution in [3.63, 3.8) is 0 Å². The van der Waals surface area contributed by atoms with E-state index in [0.717, 1.165) is 37.2 Å². The van der Waals surface area contributed by atoms with Crippen molar-refractivity contribution >= 4 is 34.7 Å². The van der Waals surface area contributed by atoms with E-state index in [1.165, 1.54) is 6.26 Å². The first-order valence-electron chi connectivity index (χ1n) is 12.7. The molecular formula is C26H29N7O4. The number of aryl methyl sites for hydroxylation is 1. The Hall–Kier alpha value is -3.99. The summed E-state index contributed by atoms with van der Waals surface area (Å²) in [6, 6.07) is 5.97. The van der Waals surface area contributed by atoms with Gasteiger partial charge in [0.05, 0.1) is 18.9 Å². The maximum absolute atomic E-state index is 13.2. The van der Waals surface area contributed by atoms with Crippen molar-refractivity contribution in [2.75, 3.05) is 54.5 Å². The van der Waals surface area contributed by atoms with E-state index in [9.17, 15) is 4.79 Å². The number of amides is 1. The number of morpholine rings is 1. The molecule has 192 valence electrons. The van der Waals surface area contributed by atoms with Crippen LogP contribution in [0.2, 0.25) is 0 Å². The summed E-state index contributed by atoms with van der Waals surface area (Å²) in [5.74, 6) is 1.25. The molecule has 6 rings (SSSR count). The zero-order chi connectivity index (χ0) is 25.4. The number of carbonyl (C=O) groups excluding carboxylic acids is 1. The number of fused-ring (bicyclic) bond motifs is 1. The second kappa shape index (κ2) is 9.81. The summed E-state index contributed by atoms with van der Waals surface area (Å²) in [6.45, 7) is 8.50. The third-order valence-electron chi connectivity index (χ3n) is 6.92. The van der Waals surface area contributed by atoms with Crippen LogP contribution in [-0.2, 0) is 4.74 Å². The summed E-state index contributed by atoms with van der Waals surface area (Å²) in [6.07, 6.45) is 5.23. The molecule has 0 aliphatic carbocycles. The molecule has 4 aromatic rings. The summed E-state index contributed by atoms with van der Waals surface area (Å²) < 4.78 is 17.1. The lowest BCUT2D eigenvalue weighted by Crippen LogP contribution is -2.36. The SMILES string of the molecule is CC[C@H]1CCN(c2nc3nc(N4CCOCC4)oc3cc2NC(=O)c2coc(-c3ccnc(C)c3)n2)C1. The molecule has 0 spiro atoms. The van der Waals surface area contributed by atoms with E-state index in [1.54, 1.807) is 18.3 Å². The van der Waals surface area contributed by atoms with Crippen molar-refractivity contribution in [2.24, 2.45) is 5.92 Å². The van der Waals surface area contributed by atoms with Crippen molar-refractivity contribution in [1.82, 2.24) is 19.9 Å². The van der Waals surface area contributed by atoms with Crippen molar-refractivity contribution in [3.8, 4) is 11.5 Å². The Morgan fingerprint density at radius 2 is 2.00 bits per heavy atom. The van der Waals surface area contributed by atoms with Gasteiger partial charge in [0.2, 0.25) is 11.5 Å². The first kappa shape index (κ1) is 23.4. The van der Waals surface area contributed by atoms with Crippen LogP contribution in [0.25, 0.3) is 22.7 Å². The van der Waals surface area contributed by atoms with Gasteiger partial charge in [-0.3, -0.25) is 9.78 Å². The fourth-order valence-corrected chi connectivity index (χ4v) is 4.80. The van der Waals surface area contributed by atoms with E-state index in [4.69, 9.17) is 18.6 Å². The molecular weight excluding hydrogens is 474 g/mol. The van der Waals surface area contributed by atoms with Crippen molar-refractivity contribution in [1.29, 1.82) is 0 Å². The molecule has 2 saturated heterocycles. The Balaban J connectivity index is 1.31. The van der Waals surface area contributed by atoms with Crippen molar-refractivity contribution in [2.45, 2.75) is 26.7 Å². The van der Waals surface area contributed by atoms with Gasteiger partial charge in [0, 0.05) is 49.7 Å². The van der Waals surface area contributed by atoms with Crippen LogP contribution in [0.1, 0.15) is 35.9 Å². The van der Waals surface area contributed by atoms with Crippen LogP contribution in [0.15, 0.2) is 39.5 Å². The highest BCUT2D eigenvalue weighted by molar-refractivity contribution is 6.05. The average Bonchev–Trinajstić information content (AvgIpc) is 3.68. The number of oxazole rings is 2. The van der Waals surface area contributed by atoms with Gasteiger partial charge in [0.15, 0.2) is 17.1 Å². The van der Waals surface area contributed by atoms with E-state index < -0.39 is 0 Å². The van der Waals surface area contributed by atoms with E-state index >= 15 is 0 Å². The van der Waals surface area contributed by atoms with Crippen LogP contribution < -0.4 is 15.1 Å². The Morgan fingerprint density at radius 1 is 1.14 bits per heavy atom. The lowest BCUT2D eigenvalue weighted by Gasteiger charge is -2.24. The number of hydrogen-bond donors (Lipinski definition) is 1. The molecule has 2 aliphatic heterocycles. The minimum absolute atomic E-state index is 0.176. The molecule has 1 amide bonds. The molecule has 1 N–H and O–H groups in total. The van der Waals surface area contributed by atoms with Crippen LogP contribution in [0, 0.1) is 12.8 Å². The normalized spacial score (nSPS) is 18.1. The molecule has 37 heavy (non-hydrogen) atoms. The predicted octanol–water partition coefficient (Wildman–Crippen LogP) is 3.91. The van der Waals surface area contributed by atoms with Crippen LogP contribution in [0.3, 0.4) is 0 Å². The zero-order valence-corrected chi connectivity index (χ0v) is 20.9. The first-order valence-corrected chi connectivity index (χ1v) is 12.7. The van der Waals surface area contributed by atoms with Gasteiger partial charge >= 0.3 is 0 Å². The number of nitrogens with one attached hydrogen (secondary N) is 1. The lowest BCUT2D eigenvalue weighted by molar-refractivity contribution is 0.102. The molecule has 2 aliphatic rings. The fraction of sp³-hybridized carbons (Fsp3) is 0.423. The van der Waals surface area contributed by atoms with E-state index in [2.05, 4.69) is 32.1 Å². The molecule has 6 heterocycles. The van der Waals surface area contributed by atoms with E-state index in [-0.39, 0.29) is 11.6 Å². The van der Waals surface area contributed by atoms with E-state index in [0.29, 0.717) is 66.9 Å². The highest BCUT2D eigenvalue weighted by Crippen LogP contribution is 2.34. The van der Waals surface area contributed by atoms with Gasteiger partial charge in [-0.25, -0.2) is 9.97 Å². The largest absolute Gasteiger partial charge is 0.444 e. The minimum Gasteiger partial charge on any atom is -0.444 e. The zero-order valence-electron chi connectivity index (χ0n) is 20.9. The minimum atomic E-state index is -0.387. The van der Waals surface area contributed by atoms with Gasteiger partial charge < -0.3 is 28.7 Å². The molecule has 0 saturated carbocycles. The first-order chi connectivity index (χ1) is 18.1. The summed E-state index contributed by atoms with van der Waals surface area (Å²) in [5, 5.41) is 2.99. The highest BCUT2D eigenvalue weighted by atomic mass is 16.5. The second-order valence-electron chi connectivity index (χ2n) is 9.46. The van der Waals surface area contributed by atoms with Crippen LogP contribution >= 0.6 is 0 Å². The predicted molar refractivity (Wildman–Crippen MR) is 138 cm³/mol. The number of carbonyl (C=O) groups is 1. The molecule has 0 bridgehead atoms. The number of nitrogens with zero attached hydrogens (tertiary/aromatic N) is 6. The number of aromatic nitrogens is 4.